The van der Waals surface area contributed by atoms with Crippen molar-refractivity contribution in [1.29, 1.82) is 0 Å². The Morgan fingerprint density at radius 1 is 1.47 bits per heavy atom. The van der Waals surface area contributed by atoms with Crippen molar-refractivity contribution in [1.82, 2.24) is 10.2 Å². The standard InChI is InChI=1S/C9H16ClN3O2/c1-13(6-3-7-14-2)9-12-11-8(15-9)4-5-10/h3-7H2,1-2H3. The molecule has 15 heavy (non-hydrogen) atoms. The first-order valence-electron chi connectivity index (χ1n) is 4.86. The van der Waals surface area contributed by atoms with E-state index in [0.29, 0.717) is 24.2 Å². The van der Waals surface area contributed by atoms with Crippen LogP contribution in [0.15, 0.2) is 4.42 Å². The van der Waals surface area contributed by atoms with Crippen LogP contribution in [0.1, 0.15) is 12.3 Å². The van der Waals surface area contributed by atoms with E-state index in [9.17, 15) is 0 Å². The average molecular weight is 234 g/mol. The third-order valence-electron chi connectivity index (χ3n) is 1.93. The van der Waals surface area contributed by atoms with Crippen LogP contribution < -0.4 is 4.90 Å². The lowest BCUT2D eigenvalue weighted by Crippen LogP contribution is -2.19. The van der Waals surface area contributed by atoms with Gasteiger partial charge in [-0.05, 0) is 6.42 Å². The summed E-state index contributed by atoms with van der Waals surface area (Å²) >= 11 is 5.57. The minimum Gasteiger partial charge on any atom is -0.408 e. The predicted octanol–water partition coefficient (Wildman–Crippen LogP) is 1.32. The molecule has 1 aromatic rings. The van der Waals surface area contributed by atoms with Crippen LogP contribution in [-0.2, 0) is 11.2 Å². The number of ether oxygens (including phenoxy) is 1. The minimum absolute atomic E-state index is 0.495. The number of nitrogens with zero attached hydrogens (tertiary/aromatic N) is 3. The molecular weight excluding hydrogens is 218 g/mol. The predicted molar refractivity (Wildman–Crippen MR) is 58.5 cm³/mol. The van der Waals surface area contributed by atoms with Crippen LogP contribution >= 0.6 is 11.6 Å². The van der Waals surface area contributed by atoms with Gasteiger partial charge in [0.15, 0.2) is 0 Å². The van der Waals surface area contributed by atoms with Gasteiger partial charge in [0.05, 0.1) is 0 Å². The summed E-state index contributed by atoms with van der Waals surface area (Å²) in [5.41, 5.74) is 0. The van der Waals surface area contributed by atoms with Crippen molar-refractivity contribution in [2.45, 2.75) is 12.8 Å². The summed E-state index contributed by atoms with van der Waals surface area (Å²) in [6.45, 7) is 1.56. The van der Waals surface area contributed by atoms with Crippen molar-refractivity contribution >= 4 is 17.6 Å². The first-order valence-corrected chi connectivity index (χ1v) is 5.39. The van der Waals surface area contributed by atoms with E-state index >= 15 is 0 Å². The lowest BCUT2D eigenvalue weighted by Gasteiger charge is -2.12. The number of anilines is 1. The molecule has 0 radical (unpaired) electrons. The van der Waals surface area contributed by atoms with Crippen LogP contribution in [0.4, 0.5) is 6.01 Å². The normalized spacial score (nSPS) is 10.6. The summed E-state index contributed by atoms with van der Waals surface area (Å²) in [7, 11) is 3.60. The van der Waals surface area contributed by atoms with Crippen molar-refractivity contribution in [2.75, 3.05) is 38.1 Å². The van der Waals surface area contributed by atoms with E-state index in [1.807, 2.05) is 11.9 Å². The van der Waals surface area contributed by atoms with Gasteiger partial charge in [0.1, 0.15) is 0 Å². The highest BCUT2D eigenvalue weighted by Gasteiger charge is 2.09. The molecule has 86 valence electrons. The van der Waals surface area contributed by atoms with Gasteiger partial charge in [-0.1, -0.05) is 5.10 Å². The molecule has 0 saturated carbocycles. The summed E-state index contributed by atoms with van der Waals surface area (Å²) in [6, 6.07) is 0.534. The van der Waals surface area contributed by atoms with Crippen molar-refractivity contribution < 1.29 is 9.15 Å². The van der Waals surface area contributed by atoms with E-state index < -0.39 is 0 Å². The second-order valence-electron chi connectivity index (χ2n) is 3.19. The Labute approximate surface area is 94.4 Å². The highest BCUT2D eigenvalue weighted by Crippen LogP contribution is 2.11. The molecule has 0 aliphatic heterocycles. The number of halogens is 1. The van der Waals surface area contributed by atoms with Crippen LogP contribution in [-0.4, -0.2) is 43.4 Å². The zero-order valence-corrected chi connectivity index (χ0v) is 9.83. The van der Waals surface area contributed by atoms with Crippen molar-refractivity contribution in [2.24, 2.45) is 0 Å². The summed E-state index contributed by atoms with van der Waals surface area (Å²) in [4.78, 5) is 1.91. The van der Waals surface area contributed by atoms with Gasteiger partial charge >= 0.3 is 6.01 Å². The molecule has 1 heterocycles. The molecule has 6 heteroatoms. The SMILES string of the molecule is COCCCN(C)c1nnc(CCCl)o1. The van der Waals surface area contributed by atoms with E-state index in [4.69, 9.17) is 20.8 Å². The summed E-state index contributed by atoms with van der Waals surface area (Å²) in [5, 5.41) is 7.80. The van der Waals surface area contributed by atoms with E-state index in [2.05, 4.69) is 10.2 Å². The van der Waals surface area contributed by atoms with Gasteiger partial charge < -0.3 is 14.1 Å². The molecule has 0 aromatic carbocycles. The maximum absolute atomic E-state index is 5.57. The molecule has 0 bridgehead atoms. The largest absolute Gasteiger partial charge is 0.408 e. The molecule has 1 rings (SSSR count). The first-order chi connectivity index (χ1) is 7.27. The Bertz CT molecular complexity index is 280. The fourth-order valence-corrected chi connectivity index (χ4v) is 1.28. The number of alkyl halides is 1. The van der Waals surface area contributed by atoms with E-state index in [1.165, 1.54) is 0 Å². The van der Waals surface area contributed by atoms with E-state index in [-0.39, 0.29) is 0 Å². The Hall–Kier alpha value is -0.810. The molecule has 0 amide bonds. The molecule has 1 aromatic heterocycles. The third-order valence-corrected chi connectivity index (χ3v) is 2.12. The average Bonchev–Trinajstić information content (AvgIpc) is 2.67. The second kappa shape index (κ2) is 6.63. The lowest BCUT2D eigenvalue weighted by molar-refractivity contribution is 0.196. The zero-order valence-electron chi connectivity index (χ0n) is 9.07. The number of hydrogen-bond acceptors (Lipinski definition) is 5. The quantitative estimate of drug-likeness (QED) is 0.525. The van der Waals surface area contributed by atoms with E-state index in [0.717, 1.165) is 19.6 Å². The molecule has 0 saturated heterocycles. The molecule has 0 N–H and O–H groups in total. The highest BCUT2D eigenvalue weighted by atomic mass is 35.5. The smallest absolute Gasteiger partial charge is 0.317 e. The molecule has 0 unspecified atom stereocenters. The van der Waals surface area contributed by atoms with Gasteiger partial charge in [-0.3, -0.25) is 0 Å². The Morgan fingerprint density at radius 2 is 2.27 bits per heavy atom. The number of hydrogen-bond donors (Lipinski definition) is 0. The van der Waals surface area contributed by atoms with Crippen molar-refractivity contribution in [3.63, 3.8) is 0 Å². The summed E-state index contributed by atoms with van der Waals surface area (Å²) in [5.74, 6) is 1.08. The molecule has 0 aliphatic carbocycles. The second-order valence-corrected chi connectivity index (χ2v) is 3.56. The van der Waals surface area contributed by atoms with Crippen LogP contribution in [0, 0.1) is 0 Å². The summed E-state index contributed by atoms with van der Waals surface area (Å²) < 4.78 is 10.4. The first kappa shape index (κ1) is 12.3. The van der Waals surface area contributed by atoms with Crippen molar-refractivity contribution in [3.05, 3.63) is 5.89 Å². The Balaban J connectivity index is 2.39. The van der Waals surface area contributed by atoms with Gasteiger partial charge in [-0.2, -0.15) is 0 Å². The molecule has 0 aliphatic rings. The lowest BCUT2D eigenvalue weighted by atomic mass is 10.4. The van der Waals surface area contributed by atoms with Gasteiger partial charge in [0.25, 0.3) is 0 Å². The number of aromatic nitrogens is 2. The van der Waals surface area contributed by atoms with Crippen LogP contribution in [0.25, 0.3) is 0 Å². The van der Waals surface area contributed by atoms with Crippen LogP contribution in [0.3, 0.4) is 0 Å². The maximum atomic E-state index is 5.57. The number of aryl methyl sites for hydroxylation is 1. The highest BCUT2D eigenvalue weighted by molar-refractivity contribution is 6.17. The fraction of sp³-hybridized carbons (Fsp3) is 0.778. The zero-order chi connectivity index (χ0) is 11.1. The van der Waals surface area contributed by atoms with Crippen molar-refractivity contribution in [3.8, 4) is 0 Å². The molecule has 0 atom stereocenters. The van der Waals surface area contributed by atoms with Gasteiger partial charge in [0.2, 0.25) is 5.89 Å². The topological polar surface area (TPSA) is 51.4 Å². The molecule has 0 spiro atoms. The fourth-order valence-electron chi connectivity index (χ4n) is 1.12. The Morgan fingerprint density at radius 3 is 2.93 bits per heavy atom. The molecule has 5 nitrogen and oxygen atoms in total. The van der Waals surface area contributed by atoms with Gasteiger partial charge in [0, 0.05) is 39.6 Å². The minimum atomic E-state index is 0.495. The van der Waals surface area contributed by atoms with Crippen LogP contribution in [0.2, 0.25) is 0 Å². The molecular formula is C9H16ClN3O2. The third kappa shape index (κ3) is 4.05. The molecule has 0 fully saturated rings. The monoisotopic (exact) mass is 233 g/mol. The number of rotatable bonds is 7. The number of methoxy groups -OCH3 is 1. The summed E-state index contributed by atoms with van der Waals surface area (Å²) in [6.07, 6.45) is 1.54. The van der Waals surface area contributed by atoms with Gasteiger partial charge in [-0.15, -0.1) is 16.7 Å². The van der Waals surface area contributed by atoms with Gasteiger partial charge in [-0.25, -0.2) is 0 Å². The Kier molecular flexibility index (Phi) is 5.42. The van der Waals surface area contributed by atoms with Crippen LogP contribution in [0.5, 0.6) is 0 Å². The van der Waals surface area contributed by atoms with E-state index in [1.54, 1.807) is 7.11 Å². The maximum Gasteiger partial charge on any atom is 0.317 e.